The lowest BCUT2D eigenvalue weighted by atomic mass is 10.2. The zero-order valence-corrected chi connectivity index (χ0v) is 12.3. The Hall–Kier alpha value is -2.34. The summed E-state index contributed by atoms with van der Waals surface area (Å²) in [6, 6.07) is 11.6. The van der Waals surface area contributed by atoms with Crippen molar-refractivity contribution in [2.45, 2.75) is 17.6 Å². The predicted molar refractivity (Wildman–Crippen MR) is 82.7 cm³/mol. The van der Waals surface area contributed by atoms with Crippen LogP contribution in [0.15, 0.2) is 52.0 Å². The van der Waals surface area contributed by atoms with Crippen molar-refractivity contribution >= 4 is 17.4 Å². The maximum Gasteiger partial charge on any atom is 0.237 e. The average molecular weight is 298 g/mol. The highest BCUT2D eigenvalue weighted by Gasteiger charge is 2.10. The van der Waals surface area contributed by atoms with Gasteiger partial charge >= 0.3 is 0 Å². The normalized spacial score (nSPS) is 10.7. The molecule has 3 aromatic rings. The summed E-state index contributed by atoms with van der Waals surface area (Å²) in [4.78, 5) is 9.55. The predicted octanol–water partition coefficient (Wildman–Crippen LogP) is 3.31. The number of nitrogens with zero attached hydrogens (tertiary/aromatic N) is 3. The minimum absolute atomic E-state index is 0.503. The first-order valence-electron chi connectivity index (χ1n) is 6.45. The highest BCUT2D eigenvalue weighted by atomic mass is 32.2. The first-order valence-corrected chi connectivity index (χ1v) is 7.44. The van der Waals surface area contributed by atoms with Gasteiger partial charge in [0.25, 0.3) is 0 Å². The molecule has 0 saturated carbocycles. The second-order valence-corrected chi connectivity index (χ2v) is 5.57. The van der Waals surface area contributed by atoms with E-state index >= 15 is 0 Å². The Kier molecular flexibility index (Phi) is 3.87. The van der Waals surface area contributed by atoms with Gasteiger partial charge in [-0.25, -0.2) is 0 Å². The van der Waals surface area contributed by atoms with Crippen LogP contribution in [0, 0.1) is 6.92 Å². The molecule has 5 nitrogen and oxygen atoms in total. The van der Waals surface area contributed by atoms with Gasteiger partial charge in [-0.3, -0.25) is 4.98 Å². The third kappa shape index (κ3) is 3.22. The quantitative estimate of drug-likeness (QED) is 0.588. The van der Waals surface area contributed by atoms with Crippen molar-refractivity contribution in [1.29, 1.82) is 0 Å². The molecule has 0 aliphatic carbocycles. The minimum Gasteiger partial charge on any atom is -0.398 e. The van der Waals surface area contributed by atoms with Crippen molar-refractivity contribution in [3.63, 3.8) is 0 Å². The van der Waals surface area contributed by atoms with Gasteiger partial charge in [-0.1, -0.05) is 17.3 Å². The van der Waals surface area contributed by atoms with Crippen LogP contribution in [0.25, 0.3) is 11.5 Å². The van der Waals surface area contributed by atoms with Crippen LogP contribution in [0.5, 0.6) is 0 Å². The number of pyridine rings is 1. The molecule has 0 bridgehead atoms. The first-order chi connectivity index (χ1) is 10.2. The summed E-state index contributed by atoms with van der Waals surface area (Å²) in [5, 5.41) is 3.94. The van der Waals surface area contributed by atoms with Gasteiger partial charge < -0.3 is 10.3 Å². The largest absolute Gasteiger partial charge is 0.398 e. The Balaban J connectivity index is 1.70. The summed E-state index contributed by atoms with van der Waals surface area (Å²) in [6.07, 6.45) is 1.70. The van der Waals surface area contributed by atoms with Crippen LogP contribution < -0.4 is 5.73 Å². The molecule has 0 amide bonds. The van der Waals surface area contributed by atoms with Crippen LogP contribution in [0.3, 0.4) is 0 Å². The highest BCUT2D eigenvalue weighted by molar-refractivity contribution is 7.98. The van der Waals surface area contributed by atoms with Crippen molar-refractivity contribution in [2.24, 2.45) is 0 Å². The van der Waals surface area contributed by atoms with E-state index in [1.54, 1.807) is 18.0 Å². The lowest BCUT2D eigenvalue weighted by molar-refractivity contribution is 0.391. The number of nitrogen functional groups attached to an aromatic ring is 1. The van der Waals surface area contributed by atoms with Crippen molar-refractivity contribution < 1.29 is 4.52 Å². The van der Waals surface area contributed by atoms with Crippen LogP contribution in [0.2, 0.25) is 0 Å². The summed E-state index contributed by atoms with van der Waals surface area (Å²) < 4.78 is 5.24. The number of thioether (sulfide) groups is 1. The second kappa shape index (κ2) is 5.97. The van der Waals surface area contributed by atoms with Crippen LogP contribution in [0.4, 0.5) is 5.69 Å². The van der Waals surface area contributed by atoms with E-state index in [1.165, 1.54) is 0 Å². The fourth-order valence-electron chi connectivity index (χ4n) is 1.85. The lowest BCUT2D eigenvalue weighted by Gasteiger charge is -2.04. The number of rotatable bonds is 4. The lowest BCUT2D eigenvalue weighted by Crippen LogP contribution is -1.90. The third-order valence-corrected chi connectivity index (χ3v) is 3.95. The number of hydrogen-bond donors (Lipinski definition) is 1. The molecule has 1 aromatic carbocycles. The number of aryl methyl sites for hydroxylation is 1. The standard InChI is InChI=1S/C15H14N4OS/c1-10-5-6-13(11(16)8-10)21-9-14-18-15(19-20-14)12-4-2-3-7-17-12/h2-8H,9,16H2,1H3. The smallest absolute Gasteiger partial charge is 0.237 e. The number of hydrogen-bond acceptors (Lipinski definition) is 6. The average Bonchev–Trinajstić information content (AvgIpc) is 2.96. The zero-order valence-electron chi connectivity index (χ0n) is 11.5. The molecular weight excluding hydrogens is 284 g/mol. The van der Waals surface area contributed by atoms with Gasteiger partial charge in [0.05, 0.1) is 5.75 Å². The molecule has 0 saturated heterocycles. The SMILES string of the molecule is Cc1ccc(SCc2nc(-c3ccccn3)no2)c(N)c1. The topological polar surface area (TPSA) is 77.8 Å². The molecule has 2 heterocycles. The number of nitrogens with two attached hydrogens (primary N) is 1. The van der Waals surface area contributed by atoms with E-state index in [-0.39, 0.29) is 0 Å². The third-order valence-electron chi connectivity index (χ3n) is 2.88. The van der Waals surface area contributed by atoms with Gasteiger partial charge in [-0.2, -0.15) is 4.98 Å². The summed E-state index contributed by atoms with van der Waals surface area (Å²) in [6.45, 7) is 2.02. The Labute approximate surface area is 126 Å². The molecule has 2 N–H and O–H groups in total. The van der Waals surface area contributed by atoms with Gasteiger partial charge in [0.2, 0.25) is 11.7 Å². The Morgan fingerprint density at radius 1 is 1.24 bits per heavy atom. The first kappa shape index (κ1) is 13.6. The summed E-state index contributed by atoms with van der Waals surface area (Å²) in [5.74, 6) is 1.64. The molecule has 6 heteroatoms. The Morgan fingerprint density at radius 3 is 2.90 bits per heavy atom. The summed E-state index contributed by atoms with van der Waals surface area (Å²) in [5.41, 5.74) is 8.60. The molecule has 106 valence electrons. The van der Waals surface area contributed by atoms with E-state index in [2.05, 4.69) is 15.1 Å². The molecule has 3 rings (SSSR count). The van der Waals surface area contributed by atoms with Gasteiger partial charge in [-0.15, -0.1) is 11.8 Å². The van der Waals surface area contributed by atoms with E-state index in [1.807, 2.05) is 43.3 Å². The Morgan fingerprint density at radius 2 is 2.14 bits per heavy atom. The fraction of sp³-hybridized carbons (Fsp3) is 0.133. The molecule has 21 heavy (non-hydrogen) atoms. The van der Waals surface area contributed by atoms with Crippen LogP contribution in [-0.4, -0.2) is 15.1 Å². The van der Waals surface area contributed by atoms with E-state index in [0.717, 1.165) is 16.1 Å². The van der Waals surface area contributed by atoms with Crippen LogP contribution in [-0.2, 0) is 5.75 Å². The monoisotopic (exact) mass is 298 g/mol. The van der Waals surface area contributed by atoms with Crippen molar-refractivity contribution in [3.05, 3.63) is 54.0 Å². The fourth-order valence-corrected chi connectivity index (χ4v) is 2.64. The van der Waals surface area contributed by atoms with Gasteiger partial charge in [0.1, 0.15) is 5.69 Å². The summed E-state index contributed by atoms with van der Waals surface area (Å²) >= 11 is 1.58. The van der Waals surface area contributed by atoms with Crippen molar-refractivity contribution in [1.82, 2.24) is 15.1 Å². The number of aromatic nitrogens is 3. The molecule has 2 aromatic heterocycles. The molecule has 0 atom stereocenters. The van der Waals surface area contributed by atoms with E-state index in [4.69, 9.17) is 10.3 Å². The van der Waals surface area contributed by atoms with Gasteiger partial charge in [0, 0.05) is 16.8 Å². The minimum atomic E-state index is 0.503. The number of benzene rings is 1. The molecule has 0 unspecified atom stereocenters. The van der Waals surface area contributed by atoms with E-state index in [0.29, 0.717) is 23.2 Å². The van der Waals surface area contributed by atoms with Crippen molar-refractivity contribution in [2.75, 3.05) is 5.73 Å². The Bertz CT molecular complexity index is 742. The van der Waals surface area contributed by atoms with Gasteiger partial charge in [0.15, 0.2) is 0 Å². The maximum absolute atomic E-state index is 5.98. The molecule has 0 aliphatic rings. The zero-order chi connectivity index (χ0) is 14.7. The number of anilines is 1. The van der Waals surface area contributed by atoms with Crippen LogP contribution in [0.1, 0.15) is 11.5 Å². The molecule has 0 spiro atoms. The summed E-state index contributed by atoms with van der Waals surface area (Å²) in [7, 11) is 0. The molecule has 0 fully saturated rings. The van der Waals surface area contributed by atoms with Crippen LogP contribution >= 0.6 is 11.8 Å². The molecule has 0 aliphatic heterocycles. The molecular formula is C15H14N4OS. The molecule has 0 radical (unpaired) electrons. The second-order valence-electron chi connectivity index (χ2n) is 4.56. The van der Waals surface area contributed by atoms with E-state index < -0.39 is 0 Å². The highest BCUT2D eigenvalue weighted by Crippen LogP contribution is 2.28. The van der Waals surface area contributed by atoms with Crippen molar-refractivity contribution in [3.8, 4) is 11.5 Å². The van der Waals surface area contributed by atoms with E-state index in [9.17, 15) is 0 Å². The maximum atomic E-state index is 5.98. The van der Waals surface area contributed by atoms with Gasteiger partial charge in [-0.05, 0) is 36.8 Å².